The van der Waals surface area contributed by atoms with Crippen LogP contribution in [0.2, 0.25) is 0 Å². The predicted octanol–water partition coefficient (Wildman–Crippen LogP) is 3.29. The maximum Gasteiger partial charge on any atom is 0.257 e. The minimum absolute atomic E-state index is 0.0311. The van der Waals surface area contributed by atoms with E-state index < -0.39 is 0 Å². The molecule has 2 aromatic rings. The second kappa shape index (κ2) is 11.2. The number of anilines is 1. The number of methoxy groups -OCH3 is 1. The maximum absolute atomic E-state index is 13.4. The topological polar surface area (TPSA) is 88.2 Å². The molecule has 0 saturated carbocycles. The van der Waals surface area contributed by atoms with Gasteiger partial charge in [-0.15, -0.1) is 0 Å². The van der Waals surface area contributed by atoms with E-state index in [-0.39, 0.29) is 42.4 Å². The molecule has 1 aliphatic rings. The number of amides is 3. The van der Waals surface area contributed by atoms with Crippen molar-refractivity contribution in [1.29, 1.82) is 0 Å². The van der Waals surface area contributed by atoms with Gasteiger partial charge in [0.2, 0.25) is 5.91 Å². The molecule has 0 aromatic heterocycles. The highest BCUT2D eigenvalue weighted by Crippen LogP contribution is 2.27. The molecule has 3 rings (SSSR count). The minimum Gasteiger partial charge on any atom is -0.491 e. The van der Waals surface area contributed by atoms with E-state index in [4.69, 9.17) is 9.47 Å². The van der Waals surface area contributed by atoms with Crippen LogP contribution in [0.3, 0.4) is 0 Å². The number of fused-ring (bicyclic) bond motifs is 1. The number of hydrogen-bond donors (Lipinski definition) is 1. The Morgan fingerprint density at radius 1 is 1.09 bits per heavy atom. The number of nitrogens with zero attached hydrogens (tertiary/aromatic N) is 2. The van der Waals surface area contributed by atoms with Crippen molar-refractivity contribution in [3.05, 3.63) is 59.7 Å². The third-order valence-corrected chi connectivity index (χ3v) is 6.05. The SMILES string of the molecule is CO[C@@H]1CN(C)C(=O)c2ccc(NC(C)=O)cc2OC[C@H](C)N(C(=O)c2ccccc2)C[C@H]1C. The first-order chi connectivity index (χ1) is 16.2. The molecule has 8 heteroatoms. The quantitative estimate of drug-likeness (QED) is 0.748. The number of carbonyl (C=O) groups is 3. The van der Waals surface area contributed by atoms with Gasteiger partial charge < -0.3 is 24.6 Å². The number of benzene rings is 2. The second-order valence-corrected chi connectivity index (χ2v) is 8.81. The van der Waals surface area contributed by atoms with Crippen molar-refractivity contribution in [2.45, 2.75) is 32.9 Å². The van der Waals surface area contributed by atoms with Crippen LogP contribution < -0.4 is 10.1 Å². The Hall–Kier alpha value is -3.39. The predicted molar refractivity (Wildman–Crippen MR) is 130 cm³/mol. The summed E-state index contributed by atoms with van der Waals surface area (Å²) >= 11 is 0. The summed E-state index contributed by atoms with van der Waals surface area (Å²) in [6.45, 7) is 6.33. The maximum atomic E-state index is 13.4. The van der Waals surface area contributed by atoms with E-state index in [9.17, 15) is 14.4 Å². The van der Waals surface area contributed by atoms with Crippen molar-refractivity contribution in [1.82, 2.24) is 9.80 Å². The lowest BCUT2D eigenvalue weighted by atomic mass is 10.0. The molecule has 0 unspecified atom stereocenters. The van der Waals surface area contributed by atoms with Gasteiger partial charge >= 0.3 is 0 Å². The molecule has 3 amide bonds. The fraction of sp³-hybridized carbons (Fsp3) is 0.423. The van der Waals surface area contributed by atoms with Gasteiger partial charge in [0.1, 0.15) is 12.4 Å². The Morgan fingerprint density at radius 2 is 1.79 bits per heavy atom. The van der Waals surface area contributed by atoms with Crippen LogP contribution in [0.5, 0.6) is 5.75 Å². The number of hydrogen-bond acceptors (Lipinski definition) is 5. The zero-order valence-corrected chi connectivity index (χ0v) is 20.4. The van der Waals surface area contributed by atoms with Gasteiger partial charge in [-0.2, -0.15) is 0 Å². The third kappa shape index (κ3) is 5.94. The van der Waals surface area contributed by atoms with Crippen molar-refractivity contribution >= 4 is 23.4 Å². The lowest BCUT2D eigenvalue weighted by Crippen LogP contribution is -2.48. The van der Waals surface area contributed by atoms with Gasteiger partial charge in [-0.25, -0.2) is 0 Å². The normalized spacial score (nSPS) is 21.6. The summed E-state index contributed by atoms with van der Waals surface area (Å²) < 4.78 is 11.8. The summed E-state index contributed by atoms with van der Waals surface area (Å²) in [5.41, 5.74) is 1.51. The van der Waals surface area contributed by atoms with E-state index in [0.29, 0.717) is 35.7 Å². The highest BCUT2D eigenvalue weighted by Gasteiger charge is 2.30. The molecule has 0 bridgehead atoms. The van der Waals surface area contributed by atoms with Crippen LogP contribution in [-0.4, -0.2) is 73.5 Å². The van der Waals surface area contributed by atoms with Crippen LogP contribution in [0.25, 0.3) is 0 Å². The smallest absolute Gasteiger partial charge is 0.257 e. The number of nitrogens with one attached hydrogen (secondary N) is 1. The van der Waals surface area contributed by atoms with Gasteiger partial charge in [-0.05, 0) is 31.2 Å². The molecule has 0 spiro atoms. The number of likely N-dealkylation sites (N-methyl/N-ethyl adjacent to an activating group) is 1. The van der Waals surface area contributed by atoms with Gasteiger partial charge in [0.15, 0.2) is 0 Å². The molecule has 1 N–H and O–H groups in total. The van der Waals surface area contributed by atoms with Gasteiger partial charge in [0, 0.05) is 57.4 Å². The largest absolute Gasteiger partial charge is 0.491 e. The molecule has 0 radical (unpaired) electrons. The summed E-state index contributed by atoms with van der Waals surface area (Å²) in [5.74, 6) is -0.196. The third-order valence-electron chi connectivity index (χ3n) is 6.05. The Bertz CT molecular complexity index is 1030. The second-order valence-electron chi connectivity index (χ2n) is 8.81. The van der Waals surface area contributed by atoms with E-state index in [1.807, 2.05) is 32.0 Å². The Balaban J connectivity index is 2.00. The fourth-order valence-corrected chi connectivity index (χ4v) is 4.08. The van der Waals surface area contributed by atoms with Crippen LogP contribution in [0.4, 0.5) is 5.69 Å². The molecule has 2 aromatic carbocycles. The summed E-state index contributed by atoms with van der Waals surface area (Å²) in [4.78, 5) is 41.6. The lowest BCUT2D eigenvalue weighted by Gasteiger charge is -2.36. The van der Waals surface area contributed by atoms with Crippen LogP contribution in [0.15, 0.2) is 48.5 Å². The first kappa shape index (κ1) is 25.2. The van der Waals surface area contributed by atoms with Crippen LogP contribution >= 0.6 is 0 Å². The molecule has 0 aliphatic carbocycles. The lowest BCUT2D eigenvalue weighted by molar-refractivity contribution is -0.114. The molecule has 0 fully saturated rings. The fourth-order valence-electron chi connectivity index (χ4n) is 4.08. The first-order valence-electron chi connectivity index (χ1n) is 11.4. The van der Waals surface area contributed by atoms with E-state index in [2.05, 4.69) is 5.32 Å². The first-order valence-corrected chi connectivity index (χ1v) is 11.4. The minimum atomic E-state index is -0.280. The van der Waals surface area contributed by atoms with E-state index >= 15 is 0 Å². The summed E-state index contributed by atoms with van der Waals surface area (Å²) in [6, 6.07) is 13.8. The highest BCUT2D eigenvalue weighted by molar-refractivity contribution is 5.98. The van der Waals surface area contributed by atoms with Crippen molar-refractivity contribution in [3.8, 4) is 5.75 Å². The van der Waals surface area contributed by atoms with Gasteiger partial charge in [-0.3, -0.25) is 14.4 Å². The number of carbonyl (C=O) groups excluding carboxylic acids is 3. The van der Waals surface area contributed by atoms with E-state index in [1.165, 1.54) is 6.92 Å². The van der Waals surface area contributed by atoms with Crippen molar-refractivity contribution in [2.75, 3.05) is 39.2 Å². The molecule has 8 nitrogen and oxygen atoms in total. The average Bonchev–Trinajstić information content (AvgIpc) is 2.82. The van der Waals surface area contributed by atoms with E-state index in [1.54, 1.807) is 54.3 Å². The van der Waals surface area contributed by atoms with Crippen LogP contribution in [0, 0.1) is 5.92 Å². The number of ether oxygens (including phenoxy) is 2. The van der Waals surface area contributed by atoms with E-state index in [0.717, 1.165) is 0 Å². The molecule has 1 heterocycles. The van der Waals surface area contributed by atoms with Gasteiger partial charge in [0.05, 0.1) is 17.7 Å². The van der Waals surface area contributed by atoms with Gasteiger partial charge in [0.25, 0.3) is 11.8 Å². The van der Waals surface area contributed by atoms with Crippen molar-refractivity contribution < 1.29 is 23.9 Å². The zero-order chi connectivity index (χ0) is 24.8. The molecular formula is C26H33N3O5. The molecule has 182 valence electrons. The molecule has 1 aliphatic heterocycles. The molecule has 34 heavy (non-hydrogen) atoms. The highest BCUT2D eigenvalue weighted by atomic mass is 16.5. The summed E-state index contributed by atoms with van der Waals surface area (Å²) in [7, 11) is 3.34. The Morgan fingerprint density at radius 3 is 2.44 bits per heavy atom. The van der Waals surface area contributed by atoms with Crippen molar-refractivity contribution in [2.24, 2.45) is 5.92 Å². The van der Waals surface area contributed by atoms with Gasteiger partial charge in [-0.1, -0.05) is 25.1 Å². The molecule has 3 atom stereocenters. The number of rotatable bonds is 3. The Labute approximate surface area is 200 Å². The molecule has 0 saturated heterocycles. The van der Waals surface area contributed by atoms with Crippen LogP contribution in [0.1, 0.15) is 41.5 Å². The Kier molecular flexibility index (Phi) is 8.28. The zero-order valence-electron chi connectivity index (χ0n) is 20.4. The van der Waals surface area contributed by atoms with Crippen LogP contribution in [-0.2, 0) is 9.53 Å². The van der Waals surface area contributed by atoms with Crippen molar-refractivity contribution in [3.63, 3.8) is 0 Å². The summed E-state index contributed by atoms with van der Waals surface area (Å²) in [5, 5.41) is 2.72. The standard InChI is InChI=1S/C26H33N3O5/c1-17-14-29(25(31)20-9-7-6-8-10-20)18(2)16-34-23-13-21(27-19(3)30)11-12-22(23)26(32)28(4)15-24(17)33-5/h6-13,17-18,24H,14-16H2,1-5H3,(H,27,30)/t17-,18+,24-/m1/s1. The monoisotopic (exact) mass is 467 g/mol. The average molecular weight is 468 g/mol. The molecular weight excluding hydrogens is 434 g/mol. The summed E-state index contributed by atoms with van der Waals surface area (Å²) in [6.07, 6.45) is -0.269.